The predicted molar refractivity (Wildman–Crippen MR) is 101 cm³/mol. The molecule has 3 heteroatoms. The molecule has 1 aromatic heterocycles. The van der Waals surface area contributed by atoms with Gasteiger partial charge in [0.25, 0.3) is 0 Å². The van der Waals surface area contributed by atoms with Gasteiger partial charge < -0.3 is 10.1 Å². The number of ether oxygens (including phenoxy) is 1. The minimum Gasteiger partial charge on any atom is -0.491 e. The molecule has 1 aliphatic heterocycles. The standard InChI is InChI=1S/C22H28N2O/c1-2-7-17(8-3-1)20-12-14-23-15-19(20)16-25-21-11-6-13-24-22(21)18-9-4-5-10-18/h1-3,6-8,11,13,18-20,23H,4-5,9-10,12,14-16H2/t19-,20-/m1/s1. The Bertz CT molecular complexity index is 667. The number of hydrogen-bond donors (Lipinski definition) is 1. The molecule has 1 aromatic carbocycles. The minimum atomic E-state index is 0.507. The van der Waals surface area contributed by atoms with Gasteiger partial charge >= 0.3 is 0 Å². The normalized spacial score (nSPS) is 24.3. The van der Waals surface area contributed by atoms with E-state index in [2.05, 4.69) is 46.7 Å². The molecule has 1 aliphatic carbocycles. The van der Waals surface area contributed by atoms with Crippen molar-refractivity contribution in [3.63, 3.8) is 0 Å². The quantitative estimate of drug-likeness (QED) is 0.872. The van der Waals surface area contributed by atoms with Crippen LogP contribution in [0.15, 0.2) is 48.7 Å². The van der Waals surface area contributed by atoms with E-state index in [1.807, 2.05) is 12.3 Å². The molecule has 2 fully saturated rings. The average molecular weight is 336 g/mol. The number of hydrogen-bond acceptors (Lipinski definition) is 3. The van der Waals surface area contributed by atoms with Crippen LogP contribution >= 0.6 is 0 Å². The Morgan fingerprint density at radius 2 is 1.84 bits per heavy atom. The first-order valence-corrected chi connectivity index (χ1v) is 9.75. The molecule has 2 aliphatic rings. The van der Waals surface area contributed by atoms with E-state index in [4.69, 9.17) is 4.74 Å². The van der Waals surface area contributed by atoms with Crippen LogP contribution in [0, 0.1) is 5.92 Å². The van der Waals surface area contributed by atoms with Crippen LogP contribution in [-0.2, 0) is 0 Å². The van der Waals surface area contributed by atoms with E-state index >= 15 is 0 Å². The molecule has 132 valence electrons. The molecule has 1 N–H and O–H groups in total. The summed E-state index contributed by atoms with van der Waals surface area (Å²) in [5.41, 5.74) is 2.62. The van der Waals surface area contributed by atoms with Crippen LogP contribution in [0.4, 0.5) is 0 Å². The highest BCUT2D eigenvalue weighted by molar-refractivity contribution is 5.30. The SMILES string of the molecule is c1ccc([C@H]2CCNC[C@@H]2COc2cccnc2C2CCCC2)cc1. The summed E-state index contributed by atoms with van der Waals surface area (Å²) in [7, 11) is 0. The van der Waals surface area contributed by atoms with Crippen molar-refractivity contribution in [2.45, 2.75) is 43.9 Å². The topological polar surface area (TPSA) is 34.1 Å². The van der Waals surface area contributed by atoms with Crippen LogP contribution in [0.5, 0.6) is 5.75 Å². The number of rotatable bonds is 5. The Kier molecular flexibility index (Phi) is 5.31. The molecule has 0 radical (unpaired) electrons. The molecular formula is C22H28N2O. The average Bonchev–Trinajstić information content (AvgIpc) is 3.22. The fraction of sp³-hybridized carbons (Fsp3) is 0.500. The van der Waals surface area contributed by atoms with E-state index in [0.29, 0.717) is 17.8 Å². The lowest BCUT2D eigenvalue weighted by Crippen LogP contribution is -2.38. The van der Waals surface area contributed by atoms with Crippen molar-refractivity contribution in [1.29, 1.82) is 0 Å². The summed E-state index contributed by atoms with van der Waals surface area (Å²) in [4.78, 5) is 4.66. The molecular weight excluding hydrogens is 308 g/mol. The first-order chi connectivity index (χ1) is 12.4. The zero-order valence-corrected chi connectivity index (χ0v) is 14.9. The smallest absolute Gasteiger partial charge is 0.141 e. The van der Waals surface area contributed by atoms with Crippen molar-refractivity contribution in [1.82, 2.24) is 10.3 Å². The first-order valence-electron chi connectivity index (χ1n) is 9.75. The van der Waals surface area contributed by atoms with E-state index in [0.717, 1.165) is 25.4 Å². The van der Waals surface area contributed by atoms with Gasteiger partial charge in [-0.3, -0.25) is 4.98 Å². The maximum absolute atomic E-state index is 6.34. The number of aromatic nitrogens is 1. The fourth-order valence-corrected chi connectivity index (χ4v) is 4.46. The Morgan fingerprint density at radius 3 is 2.68 bits per heavy atom. The highest BCUT2D eigenvalue weighted by Gasteiger charge is 2.28. The number of piperidine rings is 1. The Labute approximate surface area is 150 Å². The van der Waals surface area contributed by atoms with Gasteiger partial charge in [0.2, 0.25) is 0 Å². The van der Waals surface area contributed by atoms with Crippen molar-refractivity contribution in [2.75, 3.05) is 19.7 Å². The van der Waals surface area contributed by atoms with Gasteiger partial charge in [-0.15, -0.1) is 0 Å². The molecule has 4 rings (SSSR count). The second-order valence-corrected chi connectivity index (χ2v) is 7.45. The molecule has 2 aromatic rings. The Hall–Kier alpha value is -1.87. The number of nitrogens with one attached hydrogen (secondary N) is 1. The van der Waals surface area contributed by atoms with Crippen LogP contribution in [0.25, 0.3) is 0 Å². The molecule has 1 saturated carbocycles. The molecule has 0 spiro atoms. The van der Waals surface area contributed by atoms with Crippen molar-refractivity contribution >= 4 is 0 Å². The van der Waals surface area contributed by atoms with Gasteiger partial charge in [-0.25, -0.2) is 0 Å². The van der Waals surface area contributed by atoms with E-state index in [1.54, 1.807) is 0 Å². The monoisotopic (exact) mass is 336 g/mol. The summed E-state index contributed by atoms with van der Waals surface area (Å²) in [5.74, 6) is 2.68. The van der Waals surface area contributed by atoms with E-state index < -0.39 is 0 Å². The van der Waals surface area contributed by atoms with Gasteiger partial charge in [0.1, 0.15) is 5.75 Å². The lowest BCUT2D eigenvalue weighted by molar-refractivity contribution is 0.194. The van der Waals surface area contributed by atoms with Gasteiger partial charge in [0.15, 0.2) is 0 Å². The zero-order valence-electron chi connectivity index (χ0n) is 14.9. The summed E-state index contributed by atoms with van der Waals surface area (Å²) in [6.45, 7) is 2.88. The van der Waals surface area contributed by atoms with Crippen molar-refractivity contribution in [2.24, 2.45) is 5.92 Å². The van der Waals surface area contributed by atoms with Crippen LogP contribution in [0.3, 0.4) is 0 Å². The highest BCUT2D eigenvalue weighted by Crippen LogP contribution is 2.38. The largest absolute Gasteiger partial charge is 0.491 e. The second-order valence-electron chi connectivity index (χ2n) is 7.45. The maximum atomic E-state index is 6.34. The van der Waals surface area contributed by atoms with Crippen LogP contribution in [0.1, 0.15) is 55.2 Å². The molecule has 0 amide bonds. The lowest BCUT2D eigenvalue weighted by Gasteiger charge is -2.32. The second kappa shape index (κ2) is 8.01. The van der Waals surface area contributed by atoms with E-state index in [-0.39, 0.29) is 0 Å². The van der Waals surface area contributed by atoms with Gasteiger partial charge in [-0.05, 0) is 49.4 Å². The van der Waals surface area contributed by atoms with Crippen LogP contribution < -0.4 is 10.1 Å². The molecule has 2 atom stereocenters. The van der Waals surface area contributed by atoms with Gasteiger partial charge in [-0.2, -0.15) is 0 Å². The number of pyridine rings is 1. The summed E-state index contributed by atoms with van der Waals surface area (Å²) in [6, 6.07) is 15.0. The number of nitrogens with zero attached hydrogens (tertiary/aromatic N) is 1. The molecule has 2 heterocycles. The third kappa shape index (κ3) is 3.87. The molecule has 0 unspecified atom stereocenters. The van der Waals surface area contributed by atoms with Crippen molar-refractivity contribution in [3.8, 4) is 5.75 Å². The summed E-state index contributed by atoms with van der Waals surface area (Å²) in [6.07, 6.45) is 8.25. The summed E-state index contributed by atoms with van der Waals surface area (Å²) < 4.78 is 6.34. The Morgan fingerprint density at radius 1 is 1.00 bits per heavy atom. The van der Waals surface area contributed by atoms with Crippen molar-refractivity contribution in [3.05, 3.63) is 59.9 Å². The van der Waals surface area contributed by atoms with Crippen LogP contribution in [0.2, 0.25) is 0 Å². The predicted octanol–water partition coefficient (Wildman–Crippen LogP) is 4.51. The van der Waals surface area contributed by atoms with Gasteiger partial charge in [0, 0.05) is 24.6 Å². The van der Waals surface area contributed by atoms with Crippen LogP contribution in [-0.4, -0.2) is 24.7 Å². The lowest BCUT2D eigenvalue weighted by atomic mass is 9.81. The molecule has 3 nitrogen and oxygen atoms in total. The van der Waals surface area contributed by atoms with E-state index in [1.165, 1.54) is 43.4 Å². The van der Waals surface area contributed by atoms with Crippen molar-refractivity contribution < 1.29 is 4.74 Å². The Balaban J connectivity index is 1.46. The maximum Gasteiger partial charge on any atom is 0.141 e. The third-order valence-electron chi connectivity index (χ3n) is 5.83. The zero-order chi connectivity index (χ0) is 16.9. The molecule has 25 heavy (non-hydrogen) atoms. The molecule has 0 bridgehead atoms. The van der Waals surface area contributed by atoms with E-state index in [9.17, 15) is 0 Å². The number of benzene rings is 1. The fourth-order valence-electron chi connectivity index (χ4n) is 4.46. The summed E-state index contributed by atoms with van der Waals surface area (Å²) in [5, 5.41) is 3.54. The van der Waals surface area contributed by atoms with Gasteiger partial charge in [0.05, 0.1) is 12.3 Å². The highest BCUT2D eigenvalue weighted by atomic mass is 16.5. The van der Waals surface area contributed by atoms with Gasteiger partial charge in [-0.1, -0.05) is 43.2 Å². The third-order valence-corrected chi connectivity index (χ3v) is 5.83. The minimum absolute atomic E-state index is 0.507. The first kappa shape index (κ1) is 16.6. The summed E-state index contributed by atoms with van der Waals surface area (Å²) >= 11 is 0. The molecule has 1 saturated heterocycles.